The van der Waals surface area contributed by atoms with Gasteiger partial charge in [0.05, 0.1) is 29.8 Å². The first-order valence-corrected chi connectivity index (χ1v) is 13.6. The van der Waals surface area contributed by atoms with Gasteiger partial charge in [-0.1, -0.05) is 47.3 Å². The molecule has 39 heavy (non-hydrogen) atoms. The Morgan fingerprint density at radius 2 is 1.92 bits per heavy atom. The van der Waals surface area contributed by atoms with Gasteiger partial charge in [-0.05, 0) is 72.5 Å². The fourth-order valence-corrected chi connectivity index (χ4v) is 5.23. The zero-order valence-corrected chi connectivity index (χ0v) is 23.1. The van der Waals surface area contributed by atoms with Crippen molar-refractivity contribution in [3.8, 4) is 11.5 Å². The van der Waals surface area contributed by atoms with Gasteiger partial charge in [0, 0.05) is 10.4 Å². The molecule has 5 rings (SSSR count). The molecule has 0 amide bonds. The van der Waals surface area contributed by atoms with Crippen LogP contribution in [0.4, 0.5) is 0 Å². The molecule has 1 fully saturated rings. The van der Waals surface area contributed by atoms with Crippen molar-refractivity contribution < 1.29 is 19.4 Å². The van der Waals surface area contributed by atoms with Crippen LogP contribution >= 0.6 is 15.9 Å². The second-order valence-electron chi connectivity index (χ2n) is 9.53. The molecule has 1 aliphatic rings. The van der Waals surface area contributed by atoms with Gasteiger partial charge in [-0.25, -0.2) is 9.78 Å². The van der Waals surface area contributed by atoms with Crippen LogP contribution in [0.25, 0.3) is 10.9 Å². The number of hydrogen-bond donors (Lipinski definition) is 1. The van der Waals surface area contributed by atoms with Crippen LogP contribution in [-0.2, 0) is 6.61 Å². The van der Waals surface area contributed by atoms with E-state index >= 15 is 0 Å². The van der Waals surface area contributed by atoms with Gasteiger partial charge >= 0.3 is 5.97 Å². The van der Waals surface area contributed by atoms with Gasteiger partial charge in [0.1, 0.15) is 12.4 Å². The largest absolute Gasteiger partial charge is 0.493 e. The van der Waals surface area contributed by atoms with E-state index in [9.17, 15) is 14.7 Å². The molecular formula is C30H28BrN3O5. The Balaban J connectivity index is 1.44. The predicted molar refractivity (Wildman–Crippen MR) is 153 cm³/mol. The number of ether oxygens (including phenoxy) is 2. The van der Waals surface area contributed by atoms with E-state index in [0.29, 0.717) is 28.2 Å². The number of carboxylic acids is 1. The molecule has 200 valence electrons. The van der Waals surface area contributed by atoms with Crippen molar-refractivity contribution in [2.24, 2.45) is 5.10 Å². The summed E-state index contributed by atoms with van der Waals surface area (Å²) in [5.41, 5.74) is 2.13. The summed E-state index contributed by atoms with van der Waals surface area (Å²) in [6.45, 7) is 0.184. The number of carbonyl (C=O) groups is 1. The van der Waals surface area contributed by atoms with Gasteiger partial charge in [-0.15, -0.1) is 0 Å². The lowest BCUT2D eigenvalue weighted by atomic mass is 9.88. The number of aromatic carboxylic acids is 1. The number of benzene rings is 3. The van der Waals surface area contributed by atoms with Crippen LogP contribution in [-0.4, -0.2) is 34.1 Å². The first kappa shape index (κ1) is 26.6. The normalized spacial score (nSPS) is 14.1. The zero-order chi connectivity index (χ0) is 27.4. The van der Waals surface area contributed by atoms with Gasteiger partial charge < -0.3 is 14.6 Å². The van der Waals surface area contributed by atoms with Crippen LogP contribution in [0.3, 0.4) is 0 Å². The molecule has 0 aliphatic heterocycles. The molecule has 0 spiro atoms. The summed E-state index contributed by atoms with van der Waals surface area (Å²) in [5.74, 6) is 0.891. The van der Waals surface area contributed by atoms with Crippen LogP contribution in [0, 0.1) is 0 Å². The standard InChI is InChI=1S/C30H28BrN3O5/c1-38-27-15-19(10-13-26(27)39-18-20-6-5-9-22(14-20)30(36)37)17-32-34-28(21-7-3-2-4-8-21)33-25-12-11-23(31)16-24(25)29(34)35/h5-6,9-17,21H,2-4,7-8,18H2,1H3,(H,36,37). The van der Waals surface area contributed by atoms with Crippen molar-refractivity contribution in [3.63, 3.8) is 0 Å². The Bertz CT molecular complexity index is 1610. The molecular weight excluding hydrogens is 562 g/mol. The minimum absolute atomic E-state index is 0.182. The third-order valence-corrected chi connectivity index (χ3v) is 7.38. The summed E-state index contributed by atoms with van der Waals surface area (Å²) >= 11 is 3.46. The van der Waals surface area contributed by atoms with Crippen molar-refractivity contribution in [2.75, 3.05) is 7.11 Å². The summed E-state index contributed by atoms with van der Waals surface area (Å²) in [6.07, 6.45) is 7.02. The summed E-state index contributed by atoms with van der Waals surface area (Å²) < 4.78 is 13.7. The number of carboxylic acid groups (broad SMARTS) is 1. The lowest BCUT2D eigenvalue weighted by Crippen LogP contribution is -2.25. The number of methoxy groups -OCH3 is 1. The van der Waals surface area contributed by atoms with E-state index in [-0.39, 0.29) is 23.6 Å². The molecule has 0 bridgehead atoms. The van der Waals surface area contributed by atoms with Crippen molar-refractivity contribution in [1.82, 2.24) is 9.66 Å². The van der Waals surface area contributed by atoms with Gasteiger partial charge in [-0.2, -0.15) is 9.78 Å². The molecule has 3 aromatic carbocycles. The molecule has 1 saturated carbocycles. The summed E-state index contributed by atoms with van der Waals surface area (Å²) in [5, 5.41) is 14.3. The highest BCUT2D eigenvalue weighted by molar-refractivity contribution is 9.10. The van der Waals surface area contributed by atoms with Crippen LogP contribution in [0.15, 0.2) is 75.0 Å². The zero-order valence-electron chi connectivity index (χ0n) is 21.5. The van der Waals surface area contributed by atoms with E-state index in [2.05, 4.69) is 21.0 Å². The van der Waals surface area contributed by atoms with Crippen LogP contribution < -0.4 is 15.0 Å². The number of aromatic nitrogens is 2. The molecule has 0 atom stereocenters. The molecule has 4 aromatic rings. The Kier molecular flexibility index (Phi) is 8.07. The second kappa shape index (κ2) is 11.8. The summed E-state index contributed by atoms with van der Waals surface area (Å²) in [7, 11) is 1.55. The van der Waals surface area contributed by atoms with Crippen molar-refractivity contribution in [2.45, 2.75) is 44.6 Å². The minimum atomic E-state index is -0.988. The molecule has 0 radical (unpaired) electrons. The molecule has 0 unspecified atom stereocenters. The van der Waals surface area contributed by atoms with Gasteiger partial charge in [0.2, 0.25) is 0 Å². The lowest BCUT2D eigenvalue weighted by molar-refractivity contribution is 0.0696. The van der Waals surface area contributed by atoms with E-state index in [4.69, 9.17) is 14.5 Å². The number of hydrogen-bond acceptors (Lipinski definition) is 6. The van der Waals surface area contributed by atoms with Crippen LogP contribution in [0.1, 0.15) is 65.3 Å². The Morgan fingerprint density at radius 3 is 2.69 bits per heavy atom. The maximum atomic E-state index is 13.5. The third kappa shape index (κ3) is 6.04. The molecule has 1 aliphatic carbocycles. The highest BCUT2D eigenvalue weighted by atomic mass is 79.9. The van der Waals surface area contributed by atoms with Crippen molar-refractivity contribution in [3.05, 3.63) is 98.0 Å². The fourth-order valence-electron chi connectivity index (χ4n) is 4.87. The van der Waals surface area contributed by atoms with Gasteiger partial charge in [0.15, 0.2) is 11.5 Å². The maximum absolute atomic E-state index is 13.5. The Morgan fingerprint density at radius 1 is 1.10 bits per heavy atom. The molecule has 8 nitrogen and oxygen atoms in total. The van der Waals surface area contributed by atoms with Gasteiger partial charge in [0.25, 0.3) is 5.56 Å². The average molecular weight is 590 g/mol. The monoisotopic (exact) mass is 589 g/mol. The number of halogens is 1. The molecule has 0 saturated heterocycles. The summed E-state index contributed by atoms with van der Waals surface area (Å²) in [4.78, 5) is 29.7. The topological polar surface area (TPSA) is 103 Å². The van der Waals surface area contributed by atoms with E-state index in [1.165, 1.54) is 17.2 Å². The molecule has 1 aromatic heterocycles. The fraction of sp³-hybridized carbons (Fsp3) is 0.267. The Hall–Kier alpha value is -3.98. The predicted octanol–water partition coefficient (Wildman–Crippen LogP) is 6.37. The number of fused-ring (bicyclic) bond motifs is 1. The summed E-state index contributed by atoms with van der Waals surface area (Å²) in [6, 6.07) is 17.5. The number of rotatable bonds is 8. The lowest BCUT2D eigenvalue weighted by Gasteiger charge is -2.22. The Labute approximate surface area is 234 Å². The smallest absolute Gasteiger partial charge is 0.335 e. The van der Waals surface area contributed by atoms with E-state index in [1.54, 1.807) is 49.7 Å². The first-order valence-electron chi connectivity index (χ1n) is 12.8. The van der Waals surface area contributed by atoms with E-state index < -0.39 is 5.97 Å². The number of nitrogens with zero attached hydrogens (tertiary/aromatic N) is 3. The van der Waals surface area contributed by atoms with Crippen molar-refractivity contribution in [1.29, 1.82) is 0 Å². The van der Waals surface area contributed by atoms with E-state index in [0.717, 1.165) is 41.3 Å². The second-order valence-corrected chi connectivity index (χ2v) is 10.4. The van der Waals surface area contributed by atoms with Gasteiger partial charge in [-0.3, -0.25) is 4.79 Å². The van der Waals surface area contributed by atoms with Crippen molar-refractivity contribution >= 4 is 39.0 Å². The molecule has 1 heterocycles. The molecule has 1 N–H and O–H groups in total. The third-order valence-electron chi connectivity index (χ3n) is 6.88. The quantitative estimate of drug-likeness (QED) is 0.239. The highest BCUT2D eigenvalue weighted by Crippen LogP contribution is 2.32. The minimum Gasteiger partial charge on any atom is -0.493 e. The maximum Gasteiger partial charge on any atom is 0.335 e. The highest BCUT2D eigenvalue weighted by Gasteiger charge is 2.22. The van der Waals surface area contributed by atoms with Crippen LogP contribution in [0.5, 0.6) is 11.5 Å². The average Bonchev–Trinajstić information content (AvgIpc) is 2.96. The SMILES string of the molecule is COc1cc(C=Nn2c(C3CCCCC3)nc3ccc(Br)cc3c2=O)ccc1OCc1cccc(C(=O)O)c1. The molecule has 9 heteroatoms. The van der Waals surface area contributed by atoms with Crippen LogP contribution in [0.2, 0.25) is 0 Å². The van der Waals surface area contributed by atoms with E-state index in [1.807, 2.05) is 18.2 Å². The first-order chi connectivity index (χ1) is 18.9.